The molecule has 1 N–H and O–H groups in total. The standard InChI is InChI=1S/C13H19NO2S/c1-5-10-16-12-9-7-6-8-11(12)14-17(15)13(2,3)4/h5-9,14H,1,10H2,2-4H3. The van der Waals surface area contributed by atoms with Crippen molar-refractivity contribution in [3.05, 3.63) is 36.9 Å². The molecule has 1 rings (SSSR count). The second kappa shape index (κ2) is 5.87. The van der Waals surface area contributed by atoms with Gasteiger partial charge in [-0.25, -0.2) is 4.21 Å². The Hall–Kier alpha value is -1.29. The molecule has 1 atom stereocenters. The van der Waals surface area contributed by atoms with E-state index in [0.29, 0.717) is 12.4 Å². The smallest absolute Gasteiger partial charge is 0.143 e. The number of hydrogen-bond acceptors (Lipinski definition) is 2. The maximum Gasteiger partial charge on any atom is 0.143 e. The summed E-state index contributed by atoms with van der Waals surface area (Å²) < 4.78 is 20.1. The maximum atomic E-state index is 12.0. The van der Waals surface area contributed by atoms with E-state index in [4.69, 9.17) is 4.74 Å². The van der Waals surface area contributed by atoms with Crippen LogP contribution in [0.3, 0.4) is 0 Å². The predicted molar refractivity (Wildman–Crippen MR) is 73.7 cm³/mol. The molecule has 0 bridgehead atoms. The van der Waals surface area contributed by atoms with Gasteiger partial charge in [0, 0.05) is 0 Å². The van der Waals surface area contributed by atoms with Gasteiger partial charge in [0.25, 0.3) is 0 Å². The molecule has 0 radical (unpaired) electrons. The highest BCUT2D eigenvalue weighted by Crippen LogP contribution is 2.26. The average molecular weight is 253 g/mol. The van der Waals surface area contributed by atoms with Gasteiger partial charge in [0.2, 0.25) is 0 Å². The number of nitrogens with one attached hydrogen (secondary N) is 1. The fourth-order valence-corrected chi connectivity index (χ4v) is 1.75. The zero-order valence-electron chi connectivity index (χ0n) is 10.5. The van der Waals surface area contributed by atoms with Gasteiger partial charge in [-0.05, 0) is 32.9 Å². The summed E-state index contributed by atoms with van der Waals surface area (Å²) in [6.45, 7) is 9.79. The molecule has 0 fully saturated rings. The van der Waals surface area contributed by atoms with Crippen molar-refractivity contribution in [2.45, 2.75) is 25.5 Å². The highest BCUT2D eigenvalue weighted by molar-refractivity contribution is 7.87. The van der Waals surface area contributed by atoms with Crippen molar-refractivity contribution in [1.29, 1.82) is 0 Å². The number of rotatable bonds is 5. The van der Waals surface area contributed by atoms with E-state index in [1.165, 1.54) is 0 Å². The van der Waals surface area contributed by atoms with Crippen LogP contribution in [0.25, 0.3) is 0 Å². The molecule has 0 amide bonds. The van der Waals surface area contributed by atoms with Gasteiger partial charge in [-0.15, -0.1) is 0 Å². The molecule has 0 aliphatic carbocycles. The second-order valence-electron chi connectivity index (χ2n) is 4.58. The van der Waals surface area contributed by atoms with E-state index >= 15 is 0 Å². The highest BCUT2D eigenvalue weighted by atomic mass is 32.2. The SMILES string of the molecule is C=CCOc1ccccc1NS(=O)C(C)(C)C. The Bertz CT molecular complexity index is 410. The fraction of sp³-hybridized carbons (Fsp3) is 0.385. The van der Waals surface area contributed by atoms with Crippen molar-refractivity contribution < 1.29 is 8.95 Å². The molecule has 0 aromatic heterocycles. The molecular weight excluding hydrogens is 234 g/mol. The van der Waals surface area contributed by atoms with Crippen molar-refractivity contribution in [3.8, 4) is 5.75 Å². The van der Waals surface area contributed by atoms with Crippen molar-refractivity contribution in [1.82, 2.24) is 0 Å². The number of ether oxygens (including phenoxy) is 1. The van der Waals surface area contributed by atoms with Crippen molar-refractivity contribution in [2.75, 3.05) is 11.3 Å². The van der Waals surface area contributed by atoms with Crippen LogP contribution in [-0.4, -0.2) is 15.6 Å². The van der Waals surface area contributed by atoms with Crippen LogP contribution in [0.4, 0.5) is 5.69 Å². The van der Waals surface area contributed by atoms with Gasteiger partial charge in [-0.2, -0.15) is 0 Å². The summed E-state index contributed by atoms with van der Waals surface area (Å²) in [7, 11) is -1.16. The highest BCUT2D eigenvalue weighted by Gasteiger charge is 2.20. The van der Waals surface area contributed by atoms with Gasteiger partial charge in [-0.1, -0.05) is 24.8 Å². The van der Waals surface area contributed by atoms with E-state index < -0.39 is 11.0 Å². The zero-order chi connectivity index (χ0) is 12.9. The largest absolute Gasteiger partial charge is 0.487 e. The lowest BCUT2D eigenvalue weighted by atomic mass is 10.3. The molecule has 1 aromatic carbocycles. The first-order chi connectivity index (χ1) is 7.95. The van der Waals surface area contributed by atoms with Crippen LogP contribution < -0.4 is 9.46 Å². The van der Waals surface area contributed by atoms with E-state index in [1.54, 1.807) is 6.08 Å². The minimum Gasteiger partial charge on any atom is -0.487 e. The summed E-state index contributed by atoms with van der Waals surface area (Å²) in [5.74, 6) is 0.685. The molecule has 0 heterocycles. The van der Waals surface area contributed by atoms with E-state index in [1.807, 2.05) is 45.0 Å². The third-order valence-corrected chi connectivity index (χ3v) is 3.52. The monoisotopic (exact) mass is 253 g/mol. The molecule has 0 saturated carbocycles. The quantitative estimate of drug-likeness (QED) is 0.819. The molecule has 1 aromatic rings. The Morgan fingerprint density at radius 1 is 1.41 bits per heavy atom. The molecule has 94 valence electrons. The first-order valence-corrected chi connectivity index (χ1v) is 6.61. The average Bonchev–Trinajstić information content (AvgIpc) is 2.26. The van der Waals surface area contributed by atoms with Gasteiger partial charge in [-0.3, -0.25) is 0 Å². The number of anilines is 1. The van der Waals surface area contributed by atoms with Gasteiger partial charge >= 0.3 is 0 Å². The minimum atomic E-state index is -1.16. The summed E-state index contributed by atoms with van der Waals surface area (Å²) >= 11 is 0. The Kier molecular flexibility index (Phi) is 4.75. The summed E-state index contributed by atoms with van der Waals surface area (Å²) in [6.07, 6.45) is 1.68. The van der Waals surface area contributed by atoms with Gasteiger partial charge < -0.3 is 9.46 Å². The maximum absolute atomic E-state index is 12.0. The Morgan fingerprint density at radius 2 is 2.06 bits per heavy atom. The first-order valence-electron chi connectivity index (χ1n) is 5.46. The van der Waals surface area contributed by atoms with Crippen LogP contribution in [0.2, 0.25) is 0 Å². The molecule has 0 aliphatic rings. The van der Waals surface area contributed by atoms with Crippen molar-refractivity contribution in [3.63, 3.8) is 0 Å². The Morgan fingerprint density at radius 3 is 2.65 bits per heavy atom. The third kappa shape index (κ3) is 4.23. The van der Waals surface area contributed by atoms with Crippen molar-refractivity contribution >= 4 is 16.7 Å². The van der Waals surface area contributed by atoms with Crippen LogP contribution in [0, 0.1) is 0 Å². The zero-order valence-corrected chi connectivity index (χ0v) is 11.3. The fourth-order valence-electron chi connectivity index (χ4n) is 1.08. The molecule has 0 saturated heterocycles. The van der Waals surface area contributed by atoms with Crippen LogP contribution in [0.1, 0.15) is 20.8 Å². The van der Waals surface area contributed by atoms with E-state index in [2.05, 4.69) is 11.3 Å². The van der Waals surface area contributed by atoms with Crippen molar-refractivity contribution in [2.24, 2.45) is 0 Å². The Balaban J connectivity index is 2.83. The lowest BCUT2D eigenvalue weighted by Crippen LogP contribution is -2.27. The molecule has 0 spiro atoms. The second-order valence-corrected chi connectivity index (χ2v) is 6.55. The topological polar surface area (TPSA) is 38.3 Å². The lowest BCUT2D eigenvalue weighted by Gasteiger charge is -2.20. The Labute approximate surface area is 105 Å². The van der Waals surface area contributed by atoms with E-state index in [9.17, 15) is 4.21 Å². The molecule has 1 unspecified atom stereocenters. The van der Waals surface area contributed by atoms with Gasteiger partial charge in [0.1, 0.15) is 23.3 Å². The molecule has 4 heteroatoms. The number of benzene rings is 1. The summed E-state index contributed by atoms with van der Waals surface area (Å²) in [5.41, 5.74) is 0.739. The first kappa shape index (κ1) is 13.8. The van der Waals surface area contributed by atoms with Gasteiger partial charge in [0.05, 0.1) is 10.4 Å². The normalized spacial score (nSPS) is 12.9. The minimum absolute atomic E-state index is 0.314. The number of para-hydroxylation sites is 2. The summed E-state index contributed by atoms with van der Waals surface area (Å²) in [5, 5.41) is 0. The van der Waals surface area contributed by atoms with Crippen LogP contribution in [-0.2, 0) is 11.0 Å². The summed E-state index contributed by atoms with van der Waals surface area (Å²) in [4.78, 5) is 0. The van der Waals surface area contributed by atoms with Crippen LogP contribution in [0.5, 0.6) is 5.75 Å². The summed E-state index contributed by atoms with van der Waals surface area (Å²) in [6, 6.07) is 7.44. The lowest BCUT2D eigenvalue weighted by molar-refractivity contribution is 0.365. The van der Waals surface area contributed by atoms with E-state index in [0.717, 1.165) is 5.69 Å². The molecule has 0 aliphatic heterocycles. The molecule has 3 nitrogen and oxygen atoms in total. The van der Waals surface area contributed by atoms with Crippen LogP contribution >= 0.6 is 0 Å². The van der Waals surface area contributed by atoms with E-state index in [-0.39, 0.29) is 4.75 Å². The predicted octanol–water partition coefficient (Wildman–Crippen LogP) is 3.13. The molecular formula is C13H19NO2S. The third-order valence-electron chi connectivity index (χ3n) is 2.00. The van der Waals surface area contributed by atoms with Gasteiger partial charge in [0.15, 0.2) is 0 Å². The molecule has 17 heavy (non-hydrogen) atoms. The van der Waals surface area contributed by atoms with Crippen LogP contribution in [0.15, 0.2) is 36.9 Å². The number of hydrogen-bond donors (Lipinski definition) is 1.